The molecule has 3 heteroatoms. The Morgan fingerprint density at radius 3 is 2.59 bits per heavy atom. The highest BCUT2D eigenvalue weighted by Gasteiger charge is 2.15. The molecule has 0 fully saturated rings. The van der Waals surface area contributed by atoms with Gasteiger partial charge in [-0.05, 0) is 30.4 Å². The van der Waals surface area contributed by atoms with Gasteiger partial charge in [0.15, 0.2) is 0 Å². The molecule has 0 aliphatic carbocycles. The Hall–Kier alpha value is -1.27. The van der Waals surface area contributed by atoms with Crippen LogP contribution in [0.1, 0.15) is 44.1 Å². The van der Waals surface area contributed by atoms with E-state index < -0.39 is 0 Å². The molecule has 0 unspecified atom stereocenters. The van der Waals surface area contributed by atoms with Gasteiger partial charge in [0.2, 0.25) is 0 Å². The van der Waals surface area contributed by atoms with Crippen LogP contribution >= 0.6 is 0 Å². The molecule has 0 aliphatic heterocycles. The maximum atomic E-state index is 8.96. The van der Waals surface area contributed by atoms with E-state index in [0.29, 0.717) is 5.41 Å². The Labute approximate surface area is 104 Å². The van der Waals surface area contributed by atoms with Crippen LogP contribution in [-0.4, -0.2) is 11.1 Å². The van der Waals surface area contributed by atoms with E-state index in [4.69, 9.17) is 5.26 Å². The summed E-state index contributed by atoms with van der Waals surface area (Å²) in [6.45, 7) is 10.6. The van der Waals surface area contributed by atoms with E-state index in [9.17, 15) is 0 Å². The van der Waals surface area contributed by atoms with Gasteiger partial charge < -0.3 is 9.88 Å². The summed E-state index contributed by atoms with van der Waals surface area (Å²) in [5.41, 5.74) is 3.45. The predicted molar refractivity (Wildman–Crippen MR) is 70.6 cm³/mol. The van der Waals surface area contributed by atoms with Gasteiger partial charge in [-0.15, -0.1) is 0 Å². The summed E-state index contributed by atoms with van der Waals surface area (Å²) in [6, 6.07) is 4.18. The summed E-state index contributed by atoms with van der Waals surface area (Å²) in [4.78, 5) is 0. The molecule has 0 aromatic carbocycles. The third-order valence-electron chi connectivity index (χ3n) is 3.63. The molecule has 0 atom stereocenters. The van der Waals surface area contributed by atoms with Gasteiger partial charge in [0.1, 0.15) is 11.8 Å². The van der Waals surface area contributed by atoms with Crippen molar-refractivity contribution in [3.8, 4) is 6.07 Å². The lowest BCUT2D eigenvalue weighted by atomic mass is 9.90. The van der Waals surface area contributed by atoms with Crippen molar-refractivity contribution >= 4 is 0 Å². The minimum absolute atomic E-state index is 0.334. The Bertz CT molecular complexity index is 421. The van der Waals surface area contributed by atoms with Crippen molar-refractivity contribution in [2.45, 2.75) is 40.7 Å². The van der Waals surface area contributed by atoms with Crippen LogP contribution in [0.15, 0.2) is 6.07 Å². The molecular formula is C14H23N3. The summed E-state index contributed by atoms with van der Waals surface area (Å²) in [5.74, 6) is 0. The lowest BCUT2D eigenvalue weighted by molar-refractivity contribution is 0.327. The maximum Gasteiger partial charge on any atom is 0.120 e. The molecule has 0 spiro atoms. The van der Waals surface area contributed by atoms with E-state index in [1.807, 2.05) is 17.7 Å². The fourth-order valence-corrected chi connectivity index (χ4v) is 1.71. The molecule has 94 valence electrons. The van der Waals surface area contributed by atoms with Crippen molar-refractivity contribution in [1.82, 2.24) is 9.88 Å². The van der Waals surface area contributed by atoms with E-state index >= 15 is 0 Å². The third-order valence-corrected chi connectivity index (χ3v) is 3.63. The topological polar surface area (TPSA) is 40.8 Å². The number of nitrogens with zero attached hydrogens (tertiary/aromatic N) is 2. The van der Waals surface area contributed by atoms with Crippen LogP contribution in [-0.2, 0) is 13.6 Å². The second-order valence-corrected chi connectivity index (χ2v) is 5.43. The van der Waals surface area contributed by atoms with E-state index in [1.165, 1.54) is 11.3 Å². The van der Waals surface area contributed by atoms with Crippen LogP contribution in [0.25, 0.3) is 0 Å². The van der Waals surface area contributed by atoms with Gasteiger partial charge in [-0.1, -0.05) is 20.8 Å². The number of nitriles is 1. The summed E-state index contributed by atoms with van der Waals surface area (Å²) in [6.07, 6.45) is 1.16. The number of rotatable bonds is 5. The van der Waals surface area contributed by atoms with E-state index in [1.54, 1.807) is 0 Å². The highest BCUT2D eigenvalue weighted by atomic mass is 15.0. The molecule has 1 heterocycles. The molecule has 1 rings (SSSR count). The number of hydrogen-bond donors (Lipinski definition) is 1. The second kappa shape index (κ2) is 5.37. The molecule has 0 aliphatic rings. The molecule has 1 N–H and O–H groups in total. The first-order valence-corrected chi connectivity index (χ1v) is 6.17. The van der Waals surface area contributed by atoms with Crippen LogP contribution < -0.4 is 5.32 Å². The molecule has 0 amide bonds. The molecule has 17 heavy (non-hydrogen) atoms. The van der Waals surface area contributed by atoms with Crippen molar-refractivity contribution in [3.05, 3.63) is 23.0 Å². The summed E-state index contributed by atoms with van der Waals surface area (Å²) in [5, 5.41) is 12.4. The van der Waals surface area contributed by atoms with Crippen molar-refractivity contribution < 1.29 is 0 Å². The minimum atomic E-state index is 0.334. The number of nitrogens with one attached hydrogen (secondary N) is 1. The monoisotopic (exact) mass is 233 g/mol. The van der Waals surface area contributed by atoms with Crippen LogP contribution in [0, 0.1) is 23.7 Å². The predicted octanol–water partition coefficient (Wildman–Crippen LogP) is 2.73. The van der Waals surface area contributed by atoms with E-state index in [0.717, 1.165) is 25.2 Å². The van der Waals surface area contributed by atoms with Crippen molar-refractivity contribution in [3.63, 3.8) is 0 Å². The smallest absolute Gasteiger partial charge is 0.120 e. The van der Waals surface area contributed by atoms with Gasteiger partial charge in [0.05, 0.1) is 0 Å². The van der Waals surface area contributed by atoms with Crippen LogP contribution in [0.5, 0.6) is 0 Å². The first-order valence-electron chi connectivity index (χ1n) is 6.17. The fraction of sp³-hybridized carbons (Fsp3) is 0.643. The van der Waals surface area contributed by atoms with Gasteiger partial charge >= 0.3 is 0 Å². The summed E-state index contributed by atoms with van der Waals surface area (Å²) < 4.78 is 1.95. The second-order valence-electron chi connectivity index (χ2n) is 5.43. The lowest BCUT2D eigenvalue weighted by Gasteiger charge is -2.22. The molecule has 0 radical (unpaired) electrons. The first-order chi connectivity index (χ1) is 7.91. The number of hydrogen-bond acceptors (Lipinski definition) is 2. The van der Waals surface area contributed by atoms with E-state index in [2.05, 4.69) is 39.1 Å². The Kier molecular flexibility index (Phi) is 4.36. The molecular weight excluding hydrogens is 210 g/mol. The standard InChI is InChI=1S/C14H23N3/c1-6-14(3,4)10-16-9-12-7-13(8-15)17(5)11(12)2/h7,16H,6,9-10H2,1-5H3. The van der Waals surface area contributed by atoms with E-state index in [-0.39, 0.29) is 0 Å². The summed E-state index contributed by atoms with van der Waals surface area (Å²) >= 11 is 0. The minimum Gasteiger partial charge on any atom is -0.340 e. The largest absolute Gasteiger partial charge is 0.340 e. The maximum absolute atomic E-state index is 8.96. The SMILES string of the molecule is CCC(C)(C)CNCc1cc(C#N)n(C)c1C. The van der Waals surface area contributed by atoms with Gasteiger partial charge in [-0.3, -0.25) is 0 Å². The van der Waals surface area contributed by atoms with Gasteiger partial charge in [-0.2, -0.15) is 5.26 Å². The quantitative estimate of drug-likeness (QED) is 0.849. The van der Waals surface area contributed by atoms with Crippen molar-refractivity contribution in [1.29, 1.82) is 5.26 Å². The van der Waals surface area contributed by atoms with Crippen LogP contribution in [0.3, 0.4) is 0 Å². The molecule has 1 aromatic heterocycles. The Morgan fingerprint density at radius 1 is 1.47 bits per heavy atom. The third kappa shape index (κ3) is 3.34. The molecule has 0 bridgehead atoms. The zero-order valence-electron chi connectivity index (χ0n) is 11.6. The van der Waals surface area contributed by atoms with Crippen molar-refractivity contribution in [2.24, 2.45) is 12.5 Å². The number of aromatic nitrogens is 1. The van der Waals surface area contributed by atoms with Crippen LogP contribution in [0.4, 0.5) is 0 Å². The highest BCUT2D eigenvalue weighted by molar-refractivity contribution is 5.34. The average Bonchev–Trinajstić information content (AvgIpc) is 2.57. The zero-order valence-corrected chi connectivity index (χ0v) is 11.6. The van der Waals surface area contributed by atoms with Gasteiger partial charge in [-0.25, -0.2) is 0 Å². The normalized spacial score (nSPS) is 11.5. The molecule has 0 saturated carbocycles. The van der Waals surface area contributed by atoms with Crippen LogP contribution in [0.2, 0.25) is 0 Å². The van der Waals surface area contributed by atoms with Gasteiger partial charge in [0.25, 0.3) is 0 Å². The fourth-order valence-electron chi connectivity index (χ4n) is 1.71. The van der Waals surface area contributed by atoms with Crippen molar-refractivity contribution in [2.75, 3.05) is 6.54 Å². The highest BCUT2D eigenvalue weighted by Crippen LogP contribution is 2.18. The summed E-state index contributed by atoms with van der Waals surface area (Å²) in [7, 11) is 1.94. The molecule has 3 nitrogen and oxygen atoms in total. The Balaban J connectivity index is 2.62. The molecule has 0 saturated heterocycles. The zero-order chi connectivity index (χ0) is 13.1. The average molecular weight is 233 g/mol. The lowest BCUT2D eigenvalue weighted by Crippen LogP contribution is -2.28. The Morgan fingerprint density at radius 2 is 2.12 bits per heavy atom. The first kappa shape index (κ1) is 13.8. The molecule has 1 aromatic rings. The van der Waals surface area contributed by atoms with Gasteiger partial charge in [0, 0.05) is 25.8 Å².